The Balaban J connectivity index is 4.48. The molecule has 0 bridgehead atoms. The van der Waals surface area contributed by atoms with E-state index in [0.717, 1.165) is 5.57 Å². The third kappa shape index (κ3) is 7.17. The van der Waals surface area contributed by atoms with Crippen LogP contribution in [0.4, 0.5) is 0 Å². The van der Waals surface area contributed by atoms with Gasteiger partial charge >= 0.3 is 0 Å². The Hall–Kier alpha value is -0.820. The van der Waals surface area contributed by atoms with Crippen molar-refractivity contribution in [1.82, 2.24) is 0 Å². The molecule has 0 fully saturated rings. The van der Waals surface area contributed by atoms with Gasteiger partial charge in [0.15, 0.2) is 6.29 Å². The first-order valence-electron chi connectivity index (χ1n) is 6.17. The van der Waals surface area contributed by atoms with Crippen LogP contribution in [0.1, 0.15) is 34.1 Å². The minimum absolute atomic E-state index is 0.0425. The smallest absolute Gasteiger partial charge is 0.160 e. The topological polar surface area (TPSA) is 27.7 Å². The summed E-state index contributed by atoms with van der Waals surface area (Å²) < 4.78 is 16.7. The Bertz CT molecular complexity index is 247. The molecule has 0 aliphatic rings. The first-order valence-corrected chi connectivity index (χ1v) is 6.17. The second-order valence-electron chi connectivity index (χ2n) is 3.57. The van der Waals surface area contributed by atoms with Crippen LogP contribution in [0, 0.1) is 12.3 Å². The van der Waals surface area contributed by atoms with Gasteiger partial charge < -0.3 is 14.2 Å². The molecule has 0 saturated carbocycles. The van der Waals surface area contributed by atoms with Crippen LogP contribution in [0.3, 0.4) is 0 Å². The fourth-order valence-electron chi connectivity index (χ4n) is 1.54. The highest BCUT2D eigenvalue weighted by atomic mass is 16.7. The minimum Gasteiger partial charge on any atom is -0.374 e. The molecule has 0 amide bonds. The molecule has 0 aliphatic heterocycles. The highest BCUT2D eigenvalue weighted by Gasteiger charge is 2.18. The van der Waals surface area contributed by atoms with Crippen molar-refractivity contribution in [2.75, 3.05) is 19.8 Å². The fraction of sp³-hybridized carbons (Fsp3) is 0.714. The number of allylic oxidation sites excluding steroid dienone is 1. The summed E-state index contributed by atoms with van der Waals surface area (Å²) in [4.78, 5) is 0. The van der Waals surface area contributed by atoms with Crippen LogP contribution < -0.4 is 0 Å². The molecule has 0 aromatic carbocycles. The van der Waals surface area contributed by atoms with Crippen LogP contribution in [0.2, 0.25) is 0 Å². The molecule has 3 nitrogen and oxygen atoms in total. The third-order valence-corrected chi connectivity index (χ3v) is 2.30. The zero-order valence-electron chi connectivity index (χ0n) is 11.4. The second-order valence-corrected chi connectivity index (χ2v) is 3.57. The normalized spacial score (nSPS) is 13.8. The van der Waals surface area contributed by atoms with E-state index in [4.69, 9.17) is 20.6 Å². The SMILES string of the molecule is C#CC=C(C)C(CC(OCC)OCC)OCC. The predicted octanol–water partition coefficient (Wildman–Crippen LogP) is 2.76. The summed E-state index contributed by atoms with van der Waals surface area (Å²) in [7, 11) is 0. The van der Waals surface area contributed by atoms with Crippen LogP contribution in [-0.4, -0.2) is 32.2 Å². The lowest BCUT2D eigenvalue weighted by atomic mass is 10.1. The molecule has 0 spiro atoms. The Morgan fingerprint density at radius 1 is 1.12 bits per heavy atom. The number of terminal acetylenes is 1. The van der Waals surface area contributed by atoms with E-state index >= 15 is 0 Å². The Morgan fingerprint density at radius 3 is 2.06 bits per heavy atom. The monoisotopic (exact) mass is 240 g/mol. The van der Waals surface area contributed by atoms with E-state index < -0.39 is 0 Å². The van der Waals surface area contributed by atoms with E-state index in [1.807, 2.05) is 27.7 Å². The van der Waals surface area contributed by atoms with Gasteiger partial charge in [-0.1, -0.05) is 5.92 Å². The van der Waals surface area contributed by atoms with E-state index in [9.17, 15) is 0 Å². The van der Waals surface area contributed by atoms with Crippen LogP contribution in [0.15, 0.2) is 11.6 Å². The van der Waals surface area contributed by atoms with Gasteiger partial charge in [0.2, 0.25) is 0 Å². The maximum atomic E-state index is 5.66. The predicted molar refractivity (Wildman–Crippen MR) is 69.7 cm³/mol. The van der Waals surface area contributed by atoms with E-state index in [-0.39, 0.29) is 12.4 Å². The van der Waals surface area contributed by atoms with Crippen LogP contribution in [0.5, 0.6) is 0 Å². The van der Waals surface area contributed by atoms with Gasteiger partial charge in [0.25, 0.3) is 0 Å². The molecule has 0 N–H and O–H groups in total. The number of ether oxygens (including phenoxy) is 3. The van der Waals surface area contributed by atoms with E-state index in [1.165, 1.54) is 0 Å². The summed E-state index contributed by atoms with van der Waals surface area (Å²) in [5.74, 6) is 2.52. The molecule has 0 aromatic heterocycles. The molecular formula is C14H24O3. The lowest BCUT2D eigenvalue weighted by molar-refractivity contribution is -0.153. The second kappa shape index (κ2) is 10.3. The van der Waals surface area contributed by atoms with E-state index in [1.54, 1.807) is 6.08 Å². The number of rotatable bonds is 9. The van der Waals surface area contributed by atoms with Gasteiger partial charge in [0.1, 0.15) is 0 Å². The molecule has 17 heavy (non-hydrogen) atoms. The molecule has 98 valence electrons. The molecule has 3 heteroatoms. The average Bonchev–Trinajstić information content (AvgIpc) is 2.29. The summed E-state index contributed by atoms with van der Waals surface area (Å²) in [5.41, 5.74) is 1.03. The maximum absolute atomic E-state index is 5.66. The molecule has 0 heterocycles. The van der Waals surface area contributed by atoms with Gasteiger partial charge in [0, 0.05) is 26.2 Å². The molecule has 0 radical (unpaired) electrons. The fourth-order valence-corrected chi connectivity index (χ4v) is 1.54. The average molecular weight is 240 g/mol. The van der Waals surface area contributed by atoms with Crippen molar-refractivity contribution in [2.24, 2.45) is 0 Å². The molecule has 0 aromatic rings. The van der Waals surface area contributed by atoms with Crippen molar-refractivity contribution >= 4 is 0 Å². The number of hydrogen-bond donors (Lipinski definition) is 0. The van der Waals surface area contributed by atoms with Crippen molar-refractivity contribution in [1.29, 1.82) is 0 Å². The van der Waals surface area contributed by atoms with E-state index in [0.29, 0.717) is 26.2 Å². The van der Waals surface area contributed by atoms with Gasteiger partial charge in [0.05, 0.1) is 6.10 Å². The largest absolute Gasteiger partial charge is 0.374 e. The maximum Gasteiger partial charge on any atom is 0.160 e. The van der Waals surface area contributed by atoms with Crippen molar-refractivity contribution in [3.63, 3.8) is 0 Å². The van der Waals surface area contributed by atoms with Crippen molar-refractivity contribution in [3.8, 4) is 12.3 Å². The van der Waals surface area contributed by atoms with Gasteiger partial charge in [-0.05, 0) is 39.3 Å². The van der Waals surface area contributed by atoms with Gasteiger partial charge in [-0.3, -0.25) is 0 Å². The molecular weight excluding hydrogens is 216 g/mol. The van der Waals surface area contributed by atoms with E-state index in [2.05, 4.69) is 5.92 Å². The first kappa shape index (κ1) is 16.2. The van der Waals surface area contributed by atoms with Crippen molar-refractivity contribution in [3.05, 3.63) is 11.6 Å². The molecule has 0 saturated heterocycles. The van der Waals surface area contributed by atoms with Gasteiger partial charge in [-0.2, -0.15) is 0 Å². The Kier molecular flexibility index (Phi) is 9.84. The molecule has 0 aliphatic carbocycles. The Morgan fingerprint density at radius 2 is 1.65 bits per heavy atom. The highest BCUT2D eigenvalue weighted by molar-refractivity contribution is 5.19. The Labute approximate surface area is 105 Å². The number of hydrogen-bond acceptors (Lipinski definition) is 3. The third-order valence-electron chi connectivity index (χ3n) is 2.30. The quantitative estimate of drug-likeness (QED) is 0.458. The van der Waals surface area contributed by atoms with Crippen LogP contribution in [-0.2, 0) is 14.2 Å². The van der Waals surface area contributed by atoms with Gasteiger partial charge in [-0.25, -0.2) is 0 Å². The van der Waals surface area contributed by atoms with Gasteiger partial charge in [-0.15, -0.1) is 6.42 Å². The summed E-state index contributed by atoms with van der Waals surface area (Å²) in [6.07, 6.45) is 7.39. The molecule has 1 unspecified atom stereocenters. The lowest BCUT2D eigenvalue weighted by Crippen LogP contribution is -2.26. The first-order chi connectivity index (χ1) is 8.19. The minimum atomic E-state index is -0.234. The standard InChI is InChI=1S/C14H24O3/c1-6-10-12(5)13(15-7-2)11-14(16-8-3)17-9-4/h1,10,13-14H,7-9,11H2,2-5H3. The zero-order chi connectivity index (χ0) is 13.1. The van der Waals surface area contributed by atoms with Crippen LogP contribution >= 0.6 is 0 Å². The summed E-state index contributed by atoms with van der Waals surface area (Å²) in [5, 5.41) is 0. The molecule has 0 rings (SSSR count). The van der Waals surface area contributed by atoms with Crippen LogP contribution in [0.25, 0.3) is 0 Å². The van der Waals surface area contributed by atoms with Crippen molar-refractivity contribution < 1.29 is 14.2 Å². The van der Waals surface area contributed by atoms with Crippen molar-refractivity contribution in [2.45, 2.75) is 46.5 Å². The summed E-state index contributed by atoms with van der Waals surface area (Å²) in [6, 6.07) is 0. The highest BCUT2D eigenvalue weighted by Crippen LogP contribution is 2.15. The summed E-state index contributed by atoms with van der Waals surface area (Å²) >= 11 is 0. The summed E-state index contributed by atoms with van der Waals surface area (Å²) in [6.45, 7) is 9.73. The molecule has 1 atom stereocenters. The zero-order valence-corrected chi connectivity index (χ0v) is 11.4. The lowest BCUT2D eigenvalue weighted by Gasteiger charge is -2.23.